The third kappa shape index (κ3) is 5.10. The first-order chi connectivity index (χ1) is 14.7. The van der Waals surface area contributed by atoms with Gasteiger partial charge in [-0.2, -0.15) is 0 Å². The Labute approximate surface area is 176 Å². The van der Waals surface area contributed by atoms with Gasteiger partial charge in [0.25, 0.3) is 5.91 Å². The summed E-state index contributed by atoms with van der Waals surface area (Å²) >= 11 is 0. The fraction of sp³-hybridized carbons (Fsp3) is 0.409. The number of carbonyl (C=O) groups excluding carboxylic acids is 1. The molecular formula is C22H22F4N2O3. The first-order valence-electron chi connectivity index (χ1n) is 9.92. The van der Waals surface area contributed by atoms with Crippen LogP contribution in [0.25, 0.3) is 0 Å². The van der Waals surface area contributed by atoms with E-state index in [1.807, 2.05) is 0 Å². The van der Waals surface area contributed by atoms with Crippen LogP contribution in [0.3, 0.4) is 0 Å². The Kier molecular flexibility index (Phi) is 5.79. The quantitative estimate of drug-likeness (QED) is 0.668. The van der Waals surface area contributed by atoms with Crippen LogP contribution in [0.5, 0.6) is 11.5 Å². The molecule has 2 aromatic carbocycles. The number of piperidine rings is 1. The van der Waals surface area contributed by atoms with Crippen molar-refractivity contribution in [2.45, 2.75) is 12.9 Å². The molecule has 5 nitrogen and oxygen atoms in total. The average Bonchev–Trinajstić information content (AvgIpc) is 3.17. The molecule has 1 aliphatic carbocycles. The molecule has 166 valence electrons. The summed E-state index contributed by atoms with van der Waals surface area (Å²) in [5.74, 6) is 0.524. The van der Waals surface area contributed by atoms with Crippen LogP contribution in [0.15, 0.2) is 42.5 Å². The molecule has 1 heterocycles. The van der Waals surface area contributed by atoms with Crippen LogP contribution in [0.4, 0.5) is 17.6 Å². The Morgan fingerprint density at radius 1 is 1.13 bits per heavy atom. The number of likely N-dealkylation sites (tertiary alicyclic amines) is 1. The standard InChI is InChI=1S/C22H22F4N2O3/c1-30-15-6-5-14(20(23)8-15)10-28-11-18-17(19(18)12-28)9-27-21(29)13-3-2-4-16(7-13)31-22(24,25)26/h2-8,17-19H,9-12H2,1H3,(H,27,29). The summed E-state index contributed by atoms with van der Waals surface area (Å²) in [6.07, 6.45) is -4.80. The van der Waals surface area contributed by atoms with Crippen molar-refractivity contribution in [1.82, 2.24) is 10.2 Å². The van der Waals surface area contributed by atoms with Crippen LogP contribution in [-0.4, -0.2) is 43.9 Å². The molecule has 9 heteroatoms. The summed E-state index contributed by atoms with van der Waals surface area (Å²) in [5, 5.41) is 2.80. The van der Waals surface area contributed by atoms with Crippen molar-refractivity contribution in [2.24, 2.45) is 17.8 Å². The molecule has 31 heavy (non-hydrogen) atoms. The van der Waals surface area contributed by atoms with Gasteiger partial charge in [-0.15, -0.1) is 13.2 Å². The molecule has 2 fully saturated rings. The SMILES string of the molecule is COc1ccc(CN2CC3C(CNC(=O)c4cccc(OC(F)(F)F)c4)C3C2)c(F)c1. The number of fused-ring (bicyclic) bond motifs is 1. The van der Waals surface area contributed by atoms with Gasteiger partial charge in [-0.05, 0) is 42.0 Å². The minimum Gasteiger partial charge on any atom is -0.497 e. The molecule has 2 atom stereocenters. The van der Waals surface area contributed by atoms with Crippen LogP contribution in [0.1, 0.15) is 15.9 Å². The molecule has 4 rings (SSSR count). The monoisotopic (exact) mass is 438 g/mol. The van der Waals surface area contributed by atoms with Crippen molar-refractivity contribution >= 4 is 5.91 Å². The van der Waals surface area contributed by atoms with E-state index in [-0.39, 0.29) is 11.4 Å². The second-order valence-electron chi connectivity index (χ2n) is 7.93. The summed E-state index contributed by atoms with van der Waals surface area (Å²) < 4.78 is 60.0. The van der Waals surface area contributed by atoms with Gasteiger partial charge in [0.2, 0.25) is 0 Å². The Morgan fingerprint density at radius 3 is 2.52 bits per heavy atom. The highest BCUT2D eigenvalue weighted by Gasteiger charge is 2.55. The van der Waals surface area contributed by atoms with Gasteiger partial charge in [-0.3, -0.25) is 9.69 Å². The van der Waals surface area contributed by atoms with Gasteiger partial charge in [0, 0.05) is 43.4 Å². The van der Waals surface area contributed by atoms with Gasteiger partial charge in [-0.1, -0.05) is 12.1 Å². The molecule has 0 aromatic heterocycles. The number of hydrogen-bond acceptors (Lipinski definition) is 4. The number of rotatable bonds is 7. The number of alkyl halides is 3. The highest BCUT2D eigenvalue weighted by molar-refractivity contribution is 5.94. The van der Waals surface area contributed by atoms with E-state index in [2.05, 4.69) is 15.0 Å². The lowest BCUT2D eigenvalue weighted by Crippen LogP contribution is -2.30. The maximum absolute atomic E-state index is 14.1. The van der Waals surface area contributed by atoms with Gasteiger partial charge < -0.3 is 14.8 Å². The zero-order valence-electron chi connectivity index (χ0n) is 16.8. The number of nitrogens with one attached hydrogen (secondary N) is 1. The smallest absolute Gasteiger partial charge is 0.497 e. The molecular weight excluding hydrogens is 416 g/mol. The first-order valence-corrected chi connectivity index (χ1v) is 9.92. The van der Waals surface area contributed by atoms with E-state index in [1.54, 1.807) is 12.1 Å². The highest BCUT2D eigenvalue weighted by Crippen LogP contribution is 2.51. The van der Waals surface area contributed by atoms with E-state index in [9.17, 15) is 22.4 Å². The fourth-order valence-electron chi connectivity index (χ4n) is 4.34. The lowest BCUT2D eigenvalue weighted by atomic mass is 10.1. The van der Waals surface area contributed by atoms with Crippen molar-refractivity contribution in [3.05, 3.63) is 59.4 Å². The summed E-state index contributed by atoms with van der Waals surface area (Å²) in [5.41, 5.74) is 0.733. The number of hydrogen-bond donors (Lipinski definition) is 1. The molecule has 2 aliphatic rings. The van der Waals surface area contributed by atoms with Crippen LogP contribution in [-0.2, 0) is 6.54 Å². The molecule has 0 radical (unpaired) electrons. The minimum atomic E-state index is -4.80. The third-order valence-corrected chi connectivity index (χ3v) is 5.93. The predicted octanol–water partition coefficient (Wildman–Crippen LogP) is 3.84. The largest absolute Gasteiger partial charge is 0.573 e. The molecule has 1 amide bonds. The van der Waals surface area contributed by atoms with Gasteiger partial charge in [0.15, 0.2) is 0 Å². The van der Waals surface area contributed by atoms with Gasteiger partial charge >= 0.3 is 6.36 Å². The molecule has 2 aromatic rings. The van der Waals surface area contributed by atoms with Crippen molar-refractivity contribution in [1.29, 1.82) is 0 Å². The Bertz CT molecular complexity index is 954. The second kappa shape index (κ2) is 8.37. The first kappa shape index (κ1) is 21.4. The topological polar surface area (TPSA) is 50.8 Å². The maximum atomic E-state index is 14.1. The lowest BCUT2D eigenvalue weighted by Gasteiger charge is -2.20. The Morgan fingerprint density at radius 2 is 1.87 bits per heavy atom. The van der Waals surface area contributed by atoms with Crippen LogP contribution < -0.4 is 14.8 Å². The van der Waals surface area contributed by atoms with E-state index < -0.39 is 18.0 Å². The summed E-state index contributed by atoms with van der Waals surface area (Å²) in [6, 6.07) is 9.85. The molecule has 1 saturated carbocycles. The molecule has 2 unspecified atom stereocenters. The van der Waals surface area contributed by atoms with Gasteiger partial charge in [0.1, 0.15) is 17.3 Å². The van der Waals surface area contributed by atoms with Crippen LogP contribution in [0, 0.1) is 23.6 Å². The normalized spacial score (nSPS) is 22.7. The second-order valence-corrected chi connectivity index (χ2v) is 7.93. The van der Waals surface area contributed by atoms with Crippen molar-refractivity contribution < 1.29 is 31.8 Å². The Balaban J connectivity index is 1.24. The predicted molar refractivity (Wildman–Crippen MR) is 104 cm³/mol. The lowest BCUT2D eigenvalue weighted by molar-refractivity contribution is -0.274. The summed E-state index contributed by atoms with van der Waals surface area (Å²) in [7, 11) is 1.49. The van der Waals surface area contributed by atoms with E-state index >= 15 is 0 Å². The third-order valence-electron chi connectivity index (χ3n) is 5.93. The van der Waals surface area contributed by atoms with E-state index in [0.717, 1.165) is 25.2 Å². The van der Waals surface area contributed by atoms with Crippen molar-refractivity contribution in [2.75, 3.05) is 26.7 Å². The number of halogens is 4. The summed E-state index contributed by atoms with van der Waals surface area (Å²) in [6.45, 7) is 2.63. The minimum absolute atomic E-state index is 0.115. The number of ether oxygens (including phenoxy) is 2. The number of nitrogens with zero attached hydrogens (tertiary/aromatic N) is 1. The van der Waals surface area contributed by atoms with Crippen LogP contribution >= 0.6 is 0 Å². The zero-order valence-corrected chi connectivity index (χ0v) is 16.8. The molecule has 1 aliphatic heterocycles. The van der Waals surface area contributed by atoms with E-state index in [1.165, 1.54) is 25.3 Å². The molecule has 1 N–H and O–H groups in total. The zero-order chi connectivity index (χ0) is 22.2. The summed E-state index contributed by atoms with van der Waals surface area (Å²) in [4.78, 5) is 14.5. The number of methoxy groups -OCH3 is 1. The number of benzene rings is 2. The fourth-order valence-corrected chi connectivity index (χ4v) is 4.34. The molecule has 1 saturated heterocycles. The van der Waals surface area contributed by atoms with Gasteiger partial charge in [-0.25, -0.2) is 4.39 Å². The van der Waals surface area contributed by atoms with Crippen molar-refractivity contribution in [3.8, 4) is 11.5 Å². The van der Waals surface area contributed by atoms with E-state index in [4.69, 9.17) is 4.74 Å². The van der Waals surface area contributed by atoms with E-state index in [0.29, 0.717) is 42.2 Å². The maximum Gasteiger partial charge on any atom is 0.573 e. The number of amides is 1. The van der Waals surface area contributed by atoms with Crippen molar-refractivity contribution in [3.63, 3.8) is 0 Å². The molecule has 0 bridgehead atoms. The molecule has 0 spiro atoms. The Hall–Kier alpha value is -2.81. The number of carbonyl (C=O) groups is 1. The van der Waals surface area contributed by atoms with Gasteiger partial charge in [0.05, 0.1) is 7.11 Å². The van der Waals surface area contributed by atoms with Crippen LogP contribution in [0.2, 0.25) is 0 Å². The average molecular weight is 438 g/mol. The highest BCUT2D eigenvalue weighted by atomic mass is 19.4.